The molecule has 2 aromatic carbocycles. The minimum atomic E-state index is -0.213. The molecule has 0 bridgehead atoms. The molecule has 2 N–H and O–H groups in total. The first-order chi connectivity index (χ1) is 13.6. The van der Waals surface area contributed by atoms with E-state index in [2.05, 4.69) is 29.6 Å². The van der Waals surface area contributed by atoms with Gasteiger partial charge in [-0.2, -0.15) is 0 Å². The van der Waals surface area contributed by atoms with Gasteiger partial charge in [0.05, 0.1) is 29.9 Å². The first kappa shape index (κ1) is 19.1. The number of nitrogens with one attached hydrogen (secondary N) is 2. The van der Waals surface area contributed by atoms with Gasteiger partial charge < -0.3 is 14.6 Å². The summed E-state index contributed by atoms with van der Waals surface area (Å²) in [6, 6.07) is 17.3. The van der Waals surface area contributed by atoms with Gasteiger partial charge >= 0.3 is 0 Å². The van der Waals surface area contributed by atoms with Crippen molar-refractivity contribution in [3.8, 4) is 0 Å². The van der Waals surface area contributed by atoms with Crippen LogP contribution in [0.2, 0.25) is 10.0 Å². The minimum Gasteiger partial charge on any atom is -0.463 e. The molecule has 0 spiro atoms. The lowest BCUT2D eigenvalue weighted by atomic mass is 9.98. The number of furan rings is 1. The van der Waals surface area contributed by atoms with Gasteiger partial charge in [-0.25, -0.2) is 0 Å². The quantitative estimate of drug-likeness (QED) is 0.667. The number of rotatable bonds is 5. The summed E-state index contributed by atoms with van der Waals surface area (Å²) in [6.45, 7) is 2.35. The highest BCUT2D eigenvalue weighted by molar-refractivity contribution is 6.36. The fraction of sp³-hybridized carbons (Fsp3) is 0.227. The Labute approximate surface area is 174 Å². The summed E-state index contributed by atoms with van der Waals surface area (Å²) in [4.78, 5) is 14.0. The van der Waals surface area contributed by atoms with E-state index in [4.69, 9.17) is 27.6 Å². The molecule has 1 aromatic heterocycles. The first-order valence-corrected chi connectivity index (χ1v) is 10.1. The fourth-order valence-electron chi connectivity index (χ4n) is 3.80. The highest BCUT2D eigenvalue weighted by atomic mass is 35.5. The van der Waals surface area contributed by atoms with Crippen LogP contribution in [0.15, 0.2) is 65.3 Å². The zero-order chi connectivity index (χ0) is 19.5. The number of carbonyl (C=O) groups is 1. The van der Waals surface area contributed by atoms with Crippen LogP contribution in [0.1, 0.15) is 33.3 Å². The highest BCUT2D eigenvalue weighted by Crippen LogP contribution is 2.21. The Morgan fingerprint density at radius 1 is 1.11 bits per heavy atom. The zero-order valence-electron chi connectivity index (χ0n) is 15.3. The molecule has 2 atom stereocenters. The number of fused-ring (bicyclic) bond motifs is 1. The molecule has 4 nitrogen and oxygen atoms in total. The summed E-state index contributed by atoms with van der Waals surface area (Å²) in [5.74, 6) is 0.659. The van der Waals surface area contributed by atoms with E-state index in [1.165, 1.54) is 16.0 Å². The predicted molar refractivity (Wildman–Crippen MR) is 110 cm³/mol. The van der Waals surface area contributed by atoms with Crippen molar-refractivity contribution in [2.75, 3.05) is 13.1 Å². The highest BCUT2D eigenvalue weighted by Gasteiger charge is 2.30. The molecule has 6 heteroatoms. The van der Waals surface area contributed by atoms with E-state index >= 15 is 0 Å². The van der Waals surface area contributed by atoms with Gasteiger partial charge in [0, 0.05) is 17.0 Å². The maximum absolute atomic E-state index is 12.7. The third-order valence-corrected chi connectivity index (χ3v) is 5.82. The Morgan fingerprint density at radius 3 is 2.68 bits per heavy atom. The van der Waals surface area contributed by atoms with Gasteiger partial charge in [0.1, 0.15) is 6.54 Å². The average Bonchev–Trinajstić information content (AvgIpc) is 3.22. The second-order valence-electron chi connectivity index (χ2n) is 7.01. The van der Waals surface area contributed by atoms with Gasteiger partial charge in [-0.05, 0) is 35.9 Å². The molecular weight excluding hydrogens is 395 g/mol. The van der Waals surface area contributed by atoms with Gasteiger partial charge in [-0.3, -0.25) is 4.79 Å². The zero-order valence-corrected chi connectivity index (χ0v) is 16.8. The molecule has 1 amide bonds. The first-order valence-electron chi connectivity index (χ1n) is 9.30. The number of carbonyl (C=O) groups excluding carboxylic acids is 1. The van der Waals surface area contributed by atoms with Crippen molar-refractivity contribution in [1.29, 1.82) is 0 Å². The Balaban J connectivity index is 1.51. The normalized spacial score (nSPS) is 17.0. The van der Waals surface area contributed by atoms with E-state index < -0.39 is 0 Å². The van der Waals surface area contributed by atoms with Crippen LogP contribution in [0.25, 0.3) is 0 Å². The van der Waals surface area contributed by atoms with Crippen LogP contribution in [0.5, 0.6) is 0 Å². The summed E-state index contributed by atoms with van der Waals surface area (Å²) < 4.78 is 5.70. The molecule has 4 rings (SSSR count). The topological polar surface area (TPSA) is 46.7 Å². The lowest BCUT2D eigenvalue weighted by Gasteiger charge is -2.31. The van der Waals surface area contributed by atoms with Crippen molar-refractivity contribution in [2.45, 2.75) is 19.0 Å². The summed E-state index contributed by atoms with van der Waals surface area (Å²) in [5, 5.41) is 3.87. The monoisotopic (exact) mass is 415 g/mol. The lowest BCUT2D eigenvalue weighted by Crippen LogP contribution is -3.12. The molecule has 0 fully saturated rings. The molecule has 144 valence electrons. The van der Waals surface area contributed by atoms with Crippen LogP contribution in [0.3, 0.4) is 0 Å². The largest absolute Gasteiger partial charge is 0.463 e. The molecule has 1 aliphatic rings. The second kappa shape index (κ2) is 8.39. The minimum absolute atomic E-state index is 0.0263. The summed E-state index contributed by atoms with van der Waals surface area (Å²) in [6.07, 6.45) is 2.69. The van der Waals surface area contributed by atoms with Crippen LogP contribution in [-0.2, 0) is 13.0 Å². The Morgan fingerprint density at radius 2 is 1.93 bits per heavy atom. The number of hydrogen-bond donors (Lipinski definition) is 2. The summed E-state index contributed by atoms with van der Waals surface area (Å²) in [5.41, 5.74) is 3.18. The van der Waals surface area contributed by atoms with Gasteiger partial charge in [0.25, 0.3) is 5.91 Å². The third-order valence-electron chi connectivity index (χ3n) is 5.27. The van der Waals surface area contributed by atoms with Crippen LogP contribution in [0.4, 0.5) is 0 Å². The third kappa shape index (κ3) is 4.09. The van der Waals surface area contributed by atoms with E-state index in [-0.39, 0.29) is 11.9 Å². The summed E-state index contributed by atoms with van der Waals surface area (Å²) in [7, 11) is 0. The van der Waals surface area contributed by atoms with Crippen molar-refractivity contribution in [1.82, 2.24) is 5.32 Å². The maximum Gasteiger partial charge on any atom is 0.253 e. The van der Waals surface area contributed by atoms with Gasteiger partial charge in [-0.1, -0.05) is 47.5 Å². The van der Waals surface area contributed by atoms with E-state index in [0.717, 1.165) is 25.3 Å². The average molecular weight is 416 g/mol. The number of amides is 1. The van der Waals surface area contributed by atoms with Crippen molar-refractivity contribution in [2.24, 2.45) is 0 Å². The molecule has 28 heavy (non-hydrogen) atoms. The van der Waals surface area contributed by atoms with E-state index in [9.17, 15) is 4.79 Å². The molecule has 0 saturated heterocycles. The van der Waals surface area contributed by atoms with Gasteiger partial charge in [-0.15, -0.1) is 0 Å². The van der Waals surface area contributed by atoms with E-state index in [1.807, 2.05) is 12.1 Å². The van der Waals surface area contributed by atoms with Crippen LogP contribution >= 0.6 is 23.2 Å². The van der Waals surface area contributed by atoms with Crippen molar-refractivity contribution < 1.29 is 14.1 Å². The Kier molecular flexibility index (Phi) is 5.72. The molecule has 0 saturated carbocycles. The van der Waals surface area contributed by atoms with Crippen molar-refractivity contribution in [3.63, 3.8) is 0 Å². The van der Waals surface area contributed by atoms with Crippen molar-refractivity contribution >= 4 is 29.1 Å². The standard InChI is InChI=1S/C22H20Cl2N2O2/c23-17-7-8-18(19(24)12-17)22(27)25-13-20(21-6-3-11-28-21)26-10-9-15-4-1-2-5-16(15)14-26/h1-8,11-12,20H,9-10,13-14H2,(H,25,27)/p+1/t20-/m1/s1. The summed E-state index contributed by atoms with van der Waals surface area (Å²) >= 11 is 12.1. The Hall–Kier alpha value is -2.27. The molecule has 1 aliphatic heterocycles. The molecule has 2 heterocycles. The molecule has 3 aromatic rings. The predicted octanol–water partition coefficient (Wildman–Crippen LogP) is 3.70. The molecule has 1 unspecified atom stereocenters. The molecule has 0 aliphatic carbocycles. The van der Waals surface area contributed by atoms with Gasteiger partial charge in [0.15, 0.2) is 11.8 Å². The number of quaternary nitrogens is 1. The smallest absolute Gasteiger partial charge is 0.253 e. The number of hydrogen-bond acceptors (Lipinski definition) is 2. The lowest BCUT2D eigenvalue weighted by molar-refractivity contribution is -0.946. The number of benzene rings is 2. The van der Waals surface area contributed by atoms with Crippen LogP contribution < -0.4 is 10.2 Å². The molecule has 0 radical (unpaired) electrons. The second-order valence-corrected chi connectivity index (χ2v) is 7.85. The van der Waals surface area contributed by atoms with Crippen LogP contribution in [-0.4, -0.2) is 19.0 Å². The molecular formula is C22H21Cl2N2O2+. The van der Waals surface area contributed by atoms with Crippen molar-refractivity contribution in [3.05, 3.63) is 93.4 Å². The Bertz CT molecular complexity index is 972. The van der Waals surface area contributed by atoms with Crippen LogP contribution in [0, 0.1) is 0 Å². The SMILES string of the molecule is O=C(NC[C@H](c1ccco1)[NH+]1CCc2ccccc2C1)c1ccc(Cl)cc1Cl. The van der Waals surface area contributed by atoms with E-state index in [0.29, 0.717) is 22.2 Å². The number of halogens is 2. The van der Waals surface area contributed by atoms with E-state index in [1.54, 1.807) is 24.5 Å². The maximum atomic E-state index is 12.7. The van der Waals surface area contributed by atoms with Gasteiger partial charge in [0.2, 0.25) is 0 Å². The fourth-order valence-corrected chi connectivity index (χ4v) is 4.29.